The molecule has 19 heavy (non-hydrogen) atoms. The Bertz CT molecular complexity index is 445. The summed E-state index contributed by atoms with van der Waals surface area (Å²) in [5.74, 6) is -1.32. The molecule has 104 valence electrons. The summed E-state index contributed by atoms with van der Waals surface area (Å²) in [6.07, 6.45) is 2.10. The van der Waals surface area contributed by atoms with Gasteiger partial charge in [-0.05, 0) is 5.92 Å². The Morgan fingerprint density at radius 3 is 2.32 bits per heavy atom. The average molecular weight is 267 g/mol. The maximum atomic E-state index is 11.8. The molecule has 0 saturated heterocycles. The van der Waals surface area contributed by atoms with Gasteiger partial charge in [-0.15, -0.1) is 0 Å². The molecule has 1 aromatic rings. The van der Waals surface area contributed by atoms with E-state index in [1.165, 1.54) is 0 Å². The zero-order valence-corrected chi connectivity index (χ0v) is 11.1. The van der Waals surface area contributed by atoms with Gasteiger partial charge in [0, 0.05) is 13.7 Å². The molecule has 0 aliphatic rings. The van der Waals surface area contributed by atoms with E-state index in [2.05, 4.69) is 15.3 Å². The Hall–Kier alpha value is -2.02. The number of nitrogens with one attached hydrogen (secondary N) is 1. The van der Waals surface area contributed by atoms with Gasteiger partial charge in [-0.25, -0.2) is 14.8 Å². The van der Waals surface area contributed by atoms with Crippen LogP contribution in [0.4, 0.5) is 0 Å². The van der Waals surface area contributed by atoms with Crippen LogP contribution in [0.3, 0.4) is 0 Å². The molecule has 1 rings (SSSR count). The van der Waals surface area contributed by atoms with Crippen LogP contribution in [-0.2, 0) is 4.74 Å². The summed E-state index contributed by atoms with van der Waals surface area (Å²) in [7, 11) is 1.58. The normalized spacial score (nSPS) is 12.2. The number of carboxylic acid groups (broad SMARTS) is 1. The molecule has 0 aliphatic carbocycles. The van der Waals surface area contributed by atoms with Crippen molar-refractivity contribution < 1.29 is 19.4 Å². The van der Waals surface area contributed by atoms with Crippen LogP contribution < -0.4 is 5.32 Å². The average Bonchev–Trinajstić information content (AvgIpc) is 2.38. The quantitative estimate of drug-likeness (QED) is 0.781. The van der Waals surface area contributed by atoms with Gasteiger partial charge in [0.05, 0.1) is 18.5 Å². The van der Waals surface area contributed by atoms with Crippen LogP contribution in [0, 0.1) is 5.92 Å². The van der Waals surface area contributed by atoms with Crippen molar-refractivity contribution in [2.45, 2.75) is 20.0 Å². The molecule has 0 aromatic carbocycles. The molecule has 1 unspecified atom stereocenters. The van der Waals surface area contributed by atoms with Crippen molar-refractivity contribution in [2.24, 2.45) is 5.92 Å². The third kappa shape index (κ3) is 4.29. The zero-order valence-electron chi connectivity index (χ0n) is 11.1. The monoisotopic (exact) mass is 267 g/mol. The Morgan fingerprint density at radius 1 is 1.32 bits per heavy atom. The van der Waals surface area contributed by atoms with Gasteiger partial charge in [0.15, 0.2) is 5.69 Å². The predicted molar refractivity (Wildman–Crippen MR) is 67.0 cm³/mol. The lowest BCUT2D eigenvalue weighted by atomic mass is 10.1. The first-order chi connectivity index (χ1) is 8.95. The third-order valence-corrected chi connectivity index (χ3v) is 2.61. The number of ether oxygens (including phenoxy) is 1. The van der Waals surface area contributed by atoms with Gasteiger partial charge in [-0.3, -0.25) is 4.79 Å². The molecule has 7 heteroatoms. The van der Waals surface area contributed by atoms with Crippen molar-refractivity contribution in [3.05, 3.63) is 23.8 Å². The minimum Gasteiger partial charge on any atom is -0.476 e. The second-order valence-electron chi connectivity index (χ2n) is 4.32. The molecule has 0 aliphatic heterocycles. The largest absolute Gasteiger partial charge is 0.476 e. The first-order valence-corrected chi connectivity index (χ1v) is 5.82. The van der Waals surface area contributed by atoms with Gasteiger partial charge in [-0.2, -0.15) is 0 Å². The zero-order chi connectivity index (χ0) is 14.4. The number of nitrogens with zero attached hydrogens (tertiary/aromatic N) is 2. The topological polar surface area (TPSA) is 101 Å². The van der Waals surface area contributed by atoms with E-state index < -0.39 is 11.9 Å². The summed E-state index contributed by atoms with van der Waals surface area (Å²) in [4.78, 5) is 29.7. The first kappa shape index (κ1) is 15.0. The van der Waals surface area contributed by atoms with Crippen LogP contribution >= 0.6 is 0 Å². The van der Waals surface area contributed by atoms with Gasteiger partial charge < -0.3 is 15.2 Å². The van der Waals surface area contributed by atoms with E-state index in [9.17, 15) is 9.59 Å². The maximum absolute atomic E-state index is 11.8. The Balaban J connectivity index is 2.61. The number of amides is 1. The van der Waals surface area contributed by atoms with Crippen molar-refractivity contribution in [3.63, 3.8) is 0 Å². The molecular formula is C12H17N3O4. The molecule has 0 spiro atoms. The first-order valence-electron chi connectivity index (χ1n) is 5.82. The van der Waals surface area contributed by atoms with Gasteiger partial charge in [0.25, 0.3) is 5.91 Å². The van der Waals surface area contributed by atoms with Crippen molar-refractivity contribution in [1.82, 2.24) is 15.3 Å². The maximum Gasteiger partial charge on any atom is 0.356 e. The highest BCUT2D eigenvalue weighted by Crippen LogP contribution is 2.04. The molecule has 0 radical (unpaired) electrons. The fourth-order valence-corrected chi connectivity index (χ4v) is 1.43. The van der Waals surface area contributed by atoms with Crippen molar-refractivity contribution >= 4 is 11.9 Å². The summed E-state index contributed by atoms with van der Waals surface area (Å²) < 4.78 is 5.22. The molecule has 1 amide bonds. The molecule has 0 bridgehead atoms. The van der Waals surface area contributed by atoms with E-state index in [0.717, 1.165) is 12.4 Å². The van der Waals surface area contributed by atoms with Gasteiger partial charge in [0.1, 0.15) is 5.69 Å². The molecule has 1 heterocycles. The van der Waals surface area contributed by atoms with Crippen molar-refractivity contribution in [1.29, 1.82) is 0 Å². The molecular weight excluding hydrogens is 250 g/mol. The number of aromatic carboxylic acids is 1. The molecule has 2 N–H and O–H groups in total. The Kier molecular flexibility index (Phi) is 5.37. The highest BCUT2D eigenvalue weighted by molar-refractivity contribution is 5.92. The van der Waals surface area contributed by atoms with Crippen molar-refractivity contribution in [3.8, 4) is 0 Å². The van der Waals surface area contributed by atoms with E-state index in [4.69, 9.17) is 9.84 Å². The standard InChI is InChI=1S/C12H17N3O4/c1-7(2)10(19-3)6-15-11(16)8-4-14-9(5-13-8)12(17)18/h4-5,7,10H,6H2,1-3H3,(H,15,16)(H,17,18). The van der Waals surface area contributed by atoms with Crippen LogP contribution in [-0.4, -0.2) is 46.7 Å². The predicted octanol–water partition coefficient (Wildman–Crippen LogP) is 0.576. The van der Waals surface area contributed by atoms with Crippen LogP contribution in [0.1, 0.15) is 34.8 Å². The second-order valence-corrected chi connectivity index (χ2v) is 4.32. The lowest BCUT2D eigenvalue weighted by Crippen LogP contribution is -2.36. The number of hydrogen-bond acceptors (Lipinski definition) is 5. The van der Waals surface area contributed by atoms with E-state index in [0.29, 0.717) is 6.54 Å². The number of methoxy groups -OCH3 is 1. The summed E-state index contributed by atoms with van der Waals surface area (Å²) in [6.45, 7) is 4.33. The lowest BCUT2D eigenvalue weighted by Gasteiger charge is -2.19. The SMILES string of the molecule is COC(CNC(=O)c1cnc(C(=O)O)cn1)C(C)C. The van der Waals surface area contributed by atoms with Crippen LogP contribution in [0.15, 0.2) is 12.4 Å². The van der Waals surface area contributed by atoms with Gasteiger partial charge in [-0.1, -0.05) is 13.8 Å². The number of carbonyl (C=O) groups is 2. The second kappa shape index (κ2) is 6.79. The fourth-order valence-electron chi connectivity index (χ4n) is 1.43. The van der Waals surface area contributed by atoms with Crippen LogP contribution in [0.5, 0.6) is 0 Å². The van der Waals surface area contributed by atoms with Crippen LogP contribution in [0.2, 0.25) is 0 Å². The Labute approximate surface area is 111 Å². The molecule has 1 aromatic heterocycles. The van der Waals surface area contributed by atoms with E-state index in [-0.39, 0.29) is 23.4 Å². The highest BCUT2D eigenvalue weighted by Gasteiger charge is 2.15. The van der Waals surface area contributed by atoms with E-state index in [1.807, 2.05) is 13.8 Å². The minimum atomic E-state index is -1.18. The molecule has 0 fully saturated rings. The third-order valence-electron chi connectivity index (χ3n) is 2.61. The number of rotatable bonds is 6. The molecule has 7 nitrogen and oxygen atoms in total. The van der Waals surface area contributed by atoms with Gasteiger partial charge in [0.2, 0.25) is 0 Å². The summed E-state index contributed by atoms with van der Waals surface area (Å²) in [5.41, 5.74) is -0.128. The number of aromatic nitrogens is 2. The summed E-state index contributed by atoms with van der Waals surface area (Å²) in [6, 6.07) is 0. The van der Waals surface area contributed by atoms with Crippen molar-refractivity contribution in [2.75, 3.05) is 13.7 Å². The molecule has 1 atom stereocenters. The minimum absolute atomic E-state index is 0.0728. The number of hydrogen-bond donors (Lipinski definition) is 2. The molecule has 0 saturated carbocycles. The van der Waals surface area contributed by atoms with Crippen LogP contribution in [0.25, 0.3) is 0 Å². The lowest BCUT2D eigenvalue weighted by molar-refractivity contribution is 0.0603. The van der Waals surface area contributed by atoms with E-state index in [1.54, 1.807) is 7.11 Å². The summed E-state index contributed by atoms with van der Waals surface area (Å²) in [5, 5.41) is 11.3. The Morgan fingerprint density at radius 2 is 1.89 bits per heavy atom. The van der Waals surface area contributed by atoms with Gasteiger partial charge >= 0.3 is 5.97 Å². The number of carbonyl (C=O) groups excluding carboxylic acids is 1. The summed E-state index contributed by atoms with van der Waals surface area (Å²) >= 11 is 0. The van der Waals surface area contributed by atoms with E-state index >= 15 is 0 Å². The number of carboxylic acids is 1. The smallest absolute Gasteiger partial charge is 0.356 e. The fraction of sp³-hybridized carbons (Fsp3) is 0.500. The highest BCUT2D eigenvalue weighted by atomic mass is 16.5.